The van der Waals surface area contributed by atoms with Gasteiger partial charge in [0.25, 0.3) is 5.56 Å². The van der Waals surface area contributed by atoms with E-state index in [1.807, 2.05) is 26.2 Å². The molecule has 0 aliphatic heterocycles. The standard InChI is InChI=1S/C17H18FN3O2S/c1-10(2)23-13-4-5-15(14(18)7-13)19-8-12-6-16(22)21-11(3)9-24-17(21)20-12/h4-7,9-10,19H,8H2,1-3H3. The molecule has 3 rings (SSSR count). The Kier molecular flexibility index (Phi) is 4.53. The molecule has 0 saturated carbocycles. The SMILES string of the molecule is Cc1csc2nc(CNc3ccc(OC(C)C)cc3F)cc(=O)n12. The second-order valence-corrected chi connectivity index (χ2v) is 6.58. The highest BCUT2D eigenvalue weighted by Gasteiger charge is 2.09. The van der Waals surface area contributed by atoms with Gasteiger partial charge in [-0.25, -0.2) is 9.37 Å². The molecule has 0 aliphatic rings. The van der Waals surface area contributed by atoms with Crippen molar-refractivity contribution in [1.82, 2.24) is 9.38 Å². The lowest BCUT2D eigenvalue weighted by Crippen LogP contribution is -2.16. The minimum Gasteiger partial charge on any atom is -0.491 e. The molecule has 2 aromatic heterocycles. The van der Waals surface area contributed by atoms with Gasteiger partial charge in [0.2, 0.25) is 0 Å². The third-order valence-corrected chi connectivity index (χ3v) is 4.34. The Bertz CT molecular complexity index is 933. The molecule has 7 heteroatoms. The smallest absolute Gasteiger partial charge is 0.259 e. The molecular weight excluding hydrogens is 329 g/mol. The van der Waals surface area contributed by atoms with E-state index in [2.05, 4.69) is 10.3 Å². The van der Waals surface area contributed by atoms with Crippen molar-refractivity contribution >= 4 is 22.0 Å². The highest BCUT2D eigenvalue weighted by Crippen LogP contribution is 2.22. The summed E-state index contributed by atoms with van der Waals surface area (Å²) >= 11 is 1.41. The van der Waals surface area contributed by atoms with Crippen molar-refractivity contribution < 1.29 is 9.13 Å². The van der Waals surface area contributed by atoms with Gasteiger partial charge in [-0.1, -0.05) is 0 Å². The maximum atomic E-state index is 14.1. The van der Waals surface area contributed by atoms with Crippen molar-refractivity contribution in [3.05, 3.63) is 57.2 Å². The van der Waals surface area contributed by atoms with E-state index in [0.717, 1.165) is 5.69 Å². The molecule has 0 atom stereocenters. The summed E-state index contributed by atoms with van der Waals surface area (Å²) in [4.78, 5) is 17.2. The van der Waals surface area contributed by atoms with Crippen LogP contribution in [0, 0.1) is 12.7 Å². The average Bonchev–Trinajstić information content (AvgIpc) is 2.87. The fraction of sp³-hybridized carbons (Fsp3) is 0.294. The van der Waals surface area contributed by atoms with E-state index in [1.54, 1.807) is 16.5 Å². The van der Waals surface area contributed by atoms with Gasteiger partial charge >= 0.3 is 0 Å². The van der Waals surface area contributed by atoms with Crippen LogP contribution in [0.15, 0.2) is 34.4 Å². The van der Waals surface area contributed by atoms with E-state index in [-0.39, 0.29) is 18.2 Å². The van der Waals surface area contributed by atoms with Crippen molar-refractivity contribution in [3.8, 4) is 5.75 Å². The van der Waals surface area contributed by atoms with Crippen molar-refractivity contribution in [1.29, 1.82) is 0 Å². The van der Waals surface area contributed by atoms with Gasteiger partial charge in [0, 0.05) is 23.2 Å². The summed E-state index contributed by atoms with van der Waals surface area (Å²) in [5.41, 5.74) is 1.65. The van der Waals surface area contributed by atoms with Gasteiger partial charge in [-0.05, 0) is 32.9 Å². The topological polar surface area (TPSA) is 55.6 Å². The first-order chi connectivity index (χ1) is 11.4. The third kappa shape index (κ3) is 3.41. The summed E-state index contributed by atoms with van der Waals surface area (Å²) in [6.07, 6.45) is -0.0126. The van der Waals surface area contributed by atoms with Crippen LogP contribution < -0.4 is 15.6 Å². The molecule has 0 aliphatic carbocycles. The number of nitrogens with one attached hydrogen (secondary N) is 1. The van der Waals surface area contributed by atoms with Crippen LogP contribution in [-0.4, -0.2) is 15.5 Å². The van der Waals surface area contributed by atoms with Crippen LogP contribution in [0.2, 0.25) is 0 Å². The quantitative estimate of drug-likeness (QED) is 0.766. The van der Waals surface area contributed by atoms with Crippen LogP contribution in [0.25, 0.3) is 4.96 Å². The van der Waals surface area contributed by atoms with E-state index in [1.165, 1.54) is 23.5 Å². The van der Waals surface area contributed by atoms with Crippen LogP contribution in [0.1, 0.15) is 25.2 Å². The Morgan fingerprint density at radius 2 is 2.17 bits per heavy atom. The van der Waals surface area contributed by atoms with Crippen molar-refractivity contribution in [2.24, 2.45) is 0 Å². The Morgan fingerprint density at radius 3 is 2.88 bits per heavy atom. The van der Waals surface area contributed by atoms with Gasteiger partial charge < -0.3 is 10.1 Å². The summed E-state index contributed by atoms with van der Waals surface area (Å²) in [5.74, 6) is 0.0813. The molecular formula is C17H18FN3O2S. The van der Waals surface area contributed by atoms with Crippen molar-refractivity contribution in [3.63, 3.8) is 0 Å². The molecule has 0 fully saturated rings. The fourth-order valence-electron chi connectivity index (χ4n) is 2.36. The monoisotopic (exact) mass is 347 g/mol. The molecule has 0 amide bonds. The maximum absolute atomic E-state index is 14.1. The third-order valence-electron chi connectivity index (χ3n) is 3.40. The number of aromatic nitrogens is 2. The molecule has 0 radical (unpaired) electrons. The Labute approximate surface area is 142 Å². The molecule has 2 heterocycles. The van der Waals surface area contributed by atoms with Crippen molar-refractivity contribution in [2.45, 2.75) is 33.4 Å². The minimum absolute atomic E-state index is 0.0126. The molecule has 0 unspecified atom stereocenters. The largest absolute Gasteiger partial charge is 0.491 e. The molecule has 0 spiro atoms. The van der Waals surface area contributed by atoms with Gasteiger partial charge in [-0.3, -0.25) is 9.20 Å². The first-order valence-corrected chi connectivity index (χ1v) is 8.49. The van der Waals surface area contributed by atoms with E-state index in [4.69, 9.17) is 4.74 Å². The zero-order valence-corrected chi connectivity index (χ0v) is 14.5. The lowest BCUT2D eigenvalue weighted by Gasteiger charge is -2.12. The molecule has 126 valence electrons. The number of fused-ring (bicyclic) bond motifs is 1. The highest BCUT2D eigenvalue weighted by atomic mass is 32.1. The van der Waals surface area contributed by atoms with Crippen LogP contribution >= 0.6 is 11.3 Å². The van der Waals surface area contributed by atoms with E-state index < -0.39 is 5.82 Å². The minimum atomic E-state index is -0.405. The second kappa shape index (κ2) is 6.60. The summed E-state index contributed by atoms with van der Waals surface area (Å²) in [7, 11) is 0. The average molecular weight is 347 g/mol. The molecule has 1 N–H and O–H groups in total. The van der Waals surface area contributed by atoms with Gasteiger partial charge in [-0.15, -0.1) is 11.3 Å². The number of nitrogens with zero attached hydrogens (tertiary/aromatic N) is 2. The Balaban J connectivity index is 1.77. The number of thiazole rings is 1. The summed E-state index contributed by atoms with van der Waals surface area (Å²) < 4.78 is 21.1. The second-order valence-electron chi connectivity index (χ2n) is 5.74. The summed E-state index contributed by atoms with van der Waals surface area (Å²) in [5, 5.41) is 4.85. The van der Waals surface area contributed by atoms with E-state index in [0.29, 0.717) is 22.1 Å². The number of hydrogen-bond donors (Lipinski definition) is 1. The molecule has 0 saturated heterocycles. The van der Waals surface area contributed by atoms with Gasteiger partial charge in [0.15, 0.2) is 4.96 Å². The first-order valence-electron chi connectivity index (χ1n) is 7.61. The molecule has 1 aromatic carbocycles. The van der Waals surface area contributed by atoms with E-state index >= 15 is 0 Å². The number of benzene rings is 1. The number of ether oxygens (including phenoxy) is 1. The zero-order valence-electron chi connectivity index (χ0n) is 13.7. The zero-order chi connectivity index (χ0) is 17.3. The molecule has 0 bridgehead atoms. The number of halogens is 1. The van der Waals surface area contributed by atoms with Gasteiger partial charge in [-0.2, -0.15) is 0 Å². The van der Waals surface area contributed by atoms with Crippen LogP contribution in [0.3, 0.4) is 0 Å². The molecule has 3 aromatic rings. The number of aryl methyl sites for hydroxylation is 1. The van der Waals surface area contributed by atoms with Crippen LogP contribution in [0.4, 0.5) is 10.1 Å². The van der Waals surface area contributed by atoms with Gasteiger partial charge in [0.05, 0.1) is 24.0 Å². The lowest BCUT2D eigenvalue weighted by atomic mass is 10.2. The first kappa shape index (κ1) is 16.4. The number of hydrogen-bond acceptors (Lipinski definition) is 5. The molecule has 24 heavy (non-hydrogen) atoms. The van der Waals surface area contributed by atoms with E-state index in [9.17, 15) is 9.18 Å². The lowest BCUT2D eigenvalue weighted by molar-refractivity contribution is 0.241. The fourth-order valence-corrected chi connectivity index (χ4v) is 3.25. The predicted octanol–water partition coefficient (Wildman–Crippen LogP) is 3.60. The summed E-state index contributed by atoms with van der Waals surface area (Å²) in [6.45, 7) is 5.90. The summed E-state index contributed by atoms with van der Waals surface area (Å²) in [6, 6.07) is 6.14. The van der Waals surface area contributed by atoms with Crippen molar-refractivity contribution in [2.75, 3.05) is 5.32 Å². The number of anilines is 1. The van der Waals surface area contributed by atoms with Crippen LogP contribution in [-0.2, 0) is 6.54 Å². The maximum Gasteiger partial charge on any atom is 0.259 e. The number of rotatable bonds is 5. The van der Waals surface area contributed by atoms with Gasteiger partial charge in [0.1, 0.15) is 11.6 Å². The Morgan fingerprint density at radius 1 is 1.38 bits per heavy atom. The highest BCUT2D eigenvalue weighted by molar-refractivity contribution is 7.15. The molecule has 5 nitrogen and oxygen atoms in total. The normalized spacial score (nSPS) is 11.2. The van der Waals surface area contributed by atoms with Crippen LogP contribution in [0.5, 0.6) is 5.75 Å². The Hall–Kier alpha value is -2.41. The predicted molar refractivity (Wildman–Crippen MR) is 93.6 cm³/mol.